The summed E-state index contributed by atoms with van der Waals surface area (Å²) >= 11 is 1.95. The Kier molecular flexibility index (Phi) is 3.32. The minimum atomic E-state index is -0.480. The zero-order valence-corrected chi connectivity index (χ0v) is 14.8. The first-order valence-corrected chi connectivity index (χ1v) is 9.39. The molecule has 0 saturated carbocycles. The number of nitriles is 1. The van der Waals surface area contributed by atoms with Crippen LogP contribution in [0.2, 0.25) is 0 Å². The summed E-state index contributed by atoms with van der Waals surface area (Å²) in [6, 6.07) is 2.26. The van der Waals surface area contributed by atoms with Crippen LogP contribution in [-0.2, 0) is 15.2 Å². The summed E-state index contributed by atoms with van der Waals surface area (Å²) in [5.41, 5.74) is 7.29. The van der Waals surface area contributed by atoms with Gasteiger partial charge >= 0.3 is 134 Å². The van der Waals surface area contributed by atoms with Crippen LogP contribution in [0, 0.1) is 11.3 Å². The van der Waals surface area contributed by atoms with E-state index in [2.05, 4.69) is 6.07 Å². The van der Waals surface area contributed by atoms with E-state index < -0.39 is 5.60 Å². The molecule has 1 aromatic rings. The molecule has 1 aromatic heterocycles. The van der Waals surface area contributed by atoms with Gasteiger partial charge in [-0.25, -0.2) is 0 Å². The van der Waals surface area contributed by atoms with E-state index in [-0.39, 0.29) is 25.3 Å². The zero-order valence-electron chi connectivity index (χ0n) is 12.2. The number of nitrogens with zero attached hydrogens (tertiary/aromatic N) is 2. The molecule has 0 radical (unpaired) electrons. The van der Waals surface area contributed by atoms with E-state index in [1.165, 1.54) is 4.44 Å². The molecule has 1 spiro atoms. The molecule has 112 valence electrons. The second kappa shape index (κ2) is 4.70. The number of rotatable bonds is 0. The Hall–Kier alpha value is -1.09. The fraction of sp³-hybridized carbons (Fsp3) is 0.571. The van der Waals surface area contributed by atoms with Crippen LogP contribution >= 0.6 is 11.8 Å². The molecule has 0 aromatic carbocycles. The molecule has 21 heavy (non-hydrogen) atoms. The number of nitrogens with two attached hydrogens (primary N) is 1. The Bertz CT molecular complexity index is 650. The average Bonchev–Trinajstić information content (AvgIpc) is 2.79. The van der Waals surface area contributed by atoms with Crippen molar-refractivity contribution in [1.82, 2.24) is 4.90 Å². The number of anilines is 1. The van der Waals surface area contributed by atoms with Gasteiger partial charge in [0.1, 0.15) is 0 Å². The molecular formula is C14H17N3O2SSe. The standard InChI is InChI=1S/C14H17N3O2SSe/c1-13(2,3)19-12(18)17-6-14(7-17)10-8(4-15)11(16)21-9(10)5-20-14/h5-7,16H2,1-3H3. The summed E-state index contributed by atoms with van der Waals surface area (Å²) in [5, 5.41) is 9.34. The molecule has 0 bridgehead atoms. The maximum absolute atomic E-state index is 12.1. The van der Waals surface area contributed by atoms with E-state index >= 15 is 0 Å². The van der Waals surface area contributed by atoms with E-state index in [0.717, 1.165) is 15.9 Å². The first-order chi connectivity index (χ1) is 9.76. The van der Waals surface area contributed by atoms with Crippen molar-refractivity contribution in [2.24, 2.45) is 0 Å². The molecule has 2 aliphatic rings. The van der Waals surface area contributed by atoms with Crippen LogP contribution < -0.4 is 5.73 Å². The van der Waals surface area contributed by atoms with Gasteiger partial charge in [0.15, 0.2) is 0 Å². The molecule has 3 heterocycles. The monoisotopic (exact) mass is 371 g/mol. The number of thioether (sulfide) groups is 1. The molecule has 0 atom stereocenters. The Labute approximate surface area is 134 Å². The summed E-state index contributed by atoms with van der Waals surface area (Å²) in [5.74, 6) is 0.934. The second-order valence-corrected chi connectivity index (χ2v) is 10.1. The van der Waals surface area contributed by atoms with Crippen molar-refractivity contribution < 1.29 is 9.53 Å². The van der Waals surface area contributed by atoms with Gasteiger partial charge in [0, 0.05) is 0 Å². The predicted octanol–water partition coefficient (Wildman–Crippen LogP) is 1.89. The summed E-state index contributed by atoms with van der Waals surface area (Å²) in [6.45, 7) is 6.81. The van der Waals surface area contributed by atoms with E-state index in [0.29, 0.717) is 18.7 Å². The van der Waals surface area contributed by atoms with Gasteiger partial charge in [-0.15, -0.1) is 0 Å². The molecule has 7 heteroatoms. The van der Waals surface area contributed by atoms with E-state index in [1.807, 2.05) is 32.5 Å². The second-order valence-electron chi connectivity index (χ2n) is 6.37. The van der Waals surface area contributed by atoms with Crippen molar-refractivity contribution in [3.63, 3.8) is 0 Å². The third-order valence-corrected chi connectivity index (χ3v) is 7.60. The fourth-order valence-electron chi connectivity index (χ4n) is 2.74. The molecule has 1 amide bonds. The van der Waals surface area contributed by atoms with Crippen molar-refractivity contribution in [3.05, 3.63) is 15.6 Å². The van der Waals surface area contributed by atoms with Crippen LogP contribution in [0.4, 0.5) is 9.36 Å². The number of amides is 1. The van der Waals surface area contributed by atoms with E-state index in [9.17, 15) is 10.1 Å². The first-order valence-electron chi connectivity index (χ1n) is 6.69. The molecule has 1 saturated heterocycles. The zero-order chi connectivity index (χ0) is 15.4. The predicted molar refractivity (Wildman–Crippen MR) is 83.3 cm³/mol. The van der Waals surface area contributed by atoms with Crippen LogP contribution in [0.3, 0.4) is 0 Å². The average molecular weight is 370 g/mol. The number of fused-ring (bicyclic) bond motifs is 2. The Morgan fingerprint density at radius 1 is 1.52 bits per heavy atom. The topological polar surface area (TPSA) is 79.3 Å². The number of ether oxygens (including phenoxy) is 1. The summed E-state index contributed by atoms with van der Waals surface area (Å²) in [7, 11) is 0. The van der Waals surface area contributed by atoms with Gasteiger partial charge in [0.25, 0.3) is 0 Å². The first kappa shape index (κ1) is 14.8. The molecule has 0 unspecified atom stereocenters. The molecular weight excluding hydrogens is 353 g/mol. The quantitative estimate of drug-likeness (QED) is 0.706. The van der Waals surface area contributed by atoms with Gasteiger partial charge in [-0.3, -0.25) is 0 Å². The van der Waals surface area contributed by atoms with Crippen LogP contribution in [0.15, 0.2) is 0 Å². The van der Waals surface area contributed by atoms with Gasteiger partial charge in [-0.2, -0.15) is 0 Å². The van der Waals surface area contributed by atoms with Crippen LogP contribution in [0.1, 0.15) is 36.3 Å². The van der Waals surface area contributed by atoms with E-state index in [1.54, 1.807) is 4.90 Å². The van der Waals surface area contributed by atoms with Gasteiger partial charge in [0.2, 0.25) is 0 Å². The van der Waals surface area contributed by atoms with Crippen molar-refractivity contribution in [1.29, 1.82) is 5.26 Å². The number of hydrogen-bond donors (Lipinski definition) is 1. The third-order valence-electron chi connectivity index (χ3n) is 3.60. The van der Waals surface area contributed by atoms with Gasteiger partial charge in [0.05, 0.1) is 0 Å². The molecule has 2 aliphatic heterocycles. The van der Waals surface area contributed by atoms with Crippen molar-refractivity contribution in [2.45, 2.75) is 36.9 Å². The Balaban J connectivity index is 1.78. The molecule has 3 rings (SSSR count). The number of nitrogen functional groups attached to an aromatic ring is 1. The summed E-state index contributed by atoms with van der Waals surface area (Å²) in [6.07, 6.45) is -0.276. The van der Waals surface area contributed by atoms with Crippen molar-refractivity contribution in [3.8, 4) is 6.07 Å². The van der Waals surface area contributed by atoms with E-state index in [4.69, 9.17) is 10.5 Å². The van der Waals surface area contributed by atoms with Crippen molar-refractivity contribution >= 4 is 36.9 Å². The maximum atomic E-state index is 12.1. The molecule has 2 N–H and O–H groups in total. The normalized spacial score (nSPS) is 19.0. The SMILES string of the molecule is CC(C)(C)OC(=O)N1CC2(C1)SCc1[se]c(N)c(C#N)c12. The van der Waals surface area contributed by atoms with Crippen LogP contribution in [0.25, 0.3) is 0 Å². The molecule has 0 aliphatic carbocycles. The van der Waals surface area contributed by atoms with Gasteiger partial charge in [-0.05, 0) is 0 Å². The fourth-order valence-corrected chi connectivity index (χ4v) is 7.02. The van der Waals surface area contributed by atoms with Crippen LogP contribution in [-0.4, -0.2) is 44.2 Å². The van der Waals surface area contributed by atoms with Crippen molar-refractivity contribution in [2.75, 3.05) is 18.8 Å². The Morgan fingerprint density at radius 3 is 2.76 bits per heavy atom. The summed E-state index contributed by atoms with van der Waals surface area (Å²) in [4.78, 5) is 13.8. The number of hydrogen-bond acceptors (Lipinski definition) is 5. The Morgan fingerprint density at radius 2 is 2.19 bits per heavy atom. The van der Waals surface area contributed by atoms with Gasteiger partial charge < -0.3 is 0 Å². The van der Waals surface area contributed by atoms with Crippen LogP contribution in [0.5, 0.6) is 0 Å². The summed E-state index contributed by atoms with van der Waals surface area (Å²) < 4.78 is 7.33. The minimum absolute atomic E-state index is 0.114. The number of likely N-dealkylation sites (tertiary alicyclic amines) is 1. The number of carbonyl (C=O) groups excluding carboxylic acids is 1. The number of carbonyl (C=O) groups is 1. The third kappa shape index (κ3) is 2.36. The molecule has 1 fully saturated rings. The van der Waals surface area contributed by atoms with Gasteiger partial charge in [-0.1, -0.05) is 0 Å². The molecule has 5 nitrogen and oxygen atoms in total.